The Morgan fingerprint density at radius 1 is 1.10 bits per heavy atom. The molecule has 1 aliphatic carbocycles. The van der Waals surface area contributed by atoms with Crippen LogP contribution < -0.4 is 5.32 Å². The molecule has 2 aliphatic rings. The monoisotopic (exact) mass is 419 g/mol. The maximum absolute atomic E-state index is 13.4. The largest absolute Gasteiger partial charge is 0.322 e. The van der Waals surface area contributed by atoms with E-state index >= 15 is 0 Å². The normalized spacial score (nSPS) is 17.9. The van der Waals surface area contributed by atoms with Crippen LogP contribution in [-0.2, 0) is 11.3 Å². The molecule has 0 spiro atoms. The summed E-state index contributed by atoms with van der Waals surface area (Å²) in [6.45, 7) is 0.500. The first-order valence-electron chi connectivity index (χ1n) is 10.7. The molecule has 1 saturated carbocycles. The Hall–Kier alpha value is -2.73. The maximum Gasteiger partial charge on any atom is 0.255 e. The summed E-state index contributed by atoms with van der Waals surface area (Å²) in [7, 11) is 0. The topological polar surface area (TPSA) is 62.3 Å². The van der Waals surface area contributed by atoms with Crippen LogP contribution in [0.2, 0.25) is 0 Å². The fourth-order valence-electron chi connectivity index (χ4n) is 4.76. The van der Waals surface area contributed by atoms with E-state index < -0.39 is 6.04 Å². The van der Waals surface area contributed by atoms with Gasteiger partial charge in [-0.3, -0.25) is 9.59 Å². The molecule has 1 aliphatic heterocycles. The van der Waals surface area contributed by atoms with E-state index in [1.54, 1.807) is 4.90 Å². The molecule has 154 valence electrons. The van der Waals surface area contributed by atoms with Crippen molar-refractivity contribution in [3.8, 4) is 0 Å². The number of amides is 2. The van der Waals surface area contributed by atoms with Crippen LogP contribution in [0, 0.1) is 5.92 Å². The number of hydrogen-bond acceptors (Lipinski definition) is 4. The van der Waals surface area contributed by atoms with Crippen molar-refractivity contribution < 1.29 is 9.59 Å². The quantitative estimate of drug-likeness (QED) is 0.616. The van der Waals surface area contributed by atoms with Crippen LogP contribution in [0.1, 0.15) is 54.4 Å². The van der Waals surface area contributed by atoms with Crippen molar-refractivity contribution >= 4 is 38.5 Å². The first-order valence-corrected chi connectivity index (χ1v) is 11.6. The average Bonchev–Trinajstić information content (AvgIpc) is 3.33. The van der Waals surface area contributed by atoms with Crippen molar-refractivity contribution in [2.45, 2.75) is 51.1 Å². The lowest BCUT2D eigenvalue weighted by Gasteiger charge is -2.31. The zero-order valence-corrected chi connectivity index (χ0v) is 17.7. The summed E-state index contributed by atoms with van der Waals surface area (Å²) in [6.07, 6.45) is 6.69. The molecular formula is C24H25N3O2S. The van der Waals surface area contributed by atoms with E-state index in [9.17, 15) is 9.59 Å². The minimum absolute atomic E-state index is 0.0362. The zero-order valence-electron chi connectivity index (χ0n) is 16.8. The second-order valence-electron chi connectivity index (χ2n) is 8.32. The number of carbonyl (C=O) groups excluding carboxylic acids is 2. The molecule has 2 heterocycles. The second-order valence-corrected chi connectivity index (χ2v) is 9.35. The summed E-state index contributed by atoms with van der Waals surface area (Å²) in [6, 6.07) is 15.1. The molecule has 2 aromatic carbocycles. The molecule has 0 saturated heterocycles. The van der Waals surface area contributed by atoms with Gasteiger partial charge >= 0.3 is 0 Å². The fraction of sp³-hybridized carbons (Fsp3) is 0.375. The summed E-state index contributed by atoms with van der Waals surface area (Å²) in [5.41, 5.74) is 2.61. The minimum atomic E-state index is -0.472. The van der Waals surface area contributed by atoms with Crippen LogP contribution in [-0.4, -0.2) is 27.7 Å². The number of rotatable bonds is 5. The number of nitrogens with one attached hydrogen (secondary N) is 1. The molecule has 5 nitrogen and oxygen atoms in total. The molecule has 1 aromatic heterocycles. The first-order chi connectivity index (χ1) is 14.7. The smallest absolute Gasteiger partial charge is 0.255 e. The lowest BCUT2D eigenvalue weighted by molar-refractivity contribution is -0.121. The third-order valence-electron chi connectivity index (χ3n) is 6.33. The van der Waals surface area contributed by atoms with Gasteiger partial charge in [-0.1, -0.05) is 73.8 Å². The predicted molar refractivity (Wildman–Crippen MR) is 120 cm³/mol. The Morgan fingerprint density at radius 3 is 2.67 bits per heavy atom. The van der Waals surface area contributed by atoms with E-state index in [4.69, 9.17) is 0 Å². The molecule has 5 rings (SSSR count). The van der Waals surface area contributed by atoms with Gasteiger partial charge in [0, 0.05) is 12.1 Å². The highest BCUT2D eigenvalue weighted by Gasteiger charge is 2.37. The van der Waals surface area contributed by atoms with Crippen LogP contribution in [0.5, 0.6) is 0 Å². The first kappa shape index (κ1) is 19.2. The van der Waals surface area contributed by atoms with Gasteiger partial charge in [0.05, 0.1) is 10.2 Å². The number of fused-ring (bicyclic) bond motifs is 2. The number of anilines is 1. The van der Waals surface area contributed by atoms with Gasteiger partial charge in [0.2, 0.25) is 5.91 Å². The van der Waals surface area contributed by atoms with E-state index in [0.717, 1.165) is 40.6 Å². The van der Waals surface area contributed by atoms with Gasteiger partial charge in [0.1, 0.15) is 6.04 Å². The molecule has 1 fully saturated rings. The molecule has 1 N–H and O–H groups in total. The van der Waals surface area contributed by atoms with Crippen molar-refractivity contribution in [2.75, 3.05) is 5.32 Å². The van der Waals surface area contributed by atoms with Crippen LogP contribution in [0.15, 0.2) is 48.5 Å². The molecule has 3 aromatic rings. The van der Waals surface area contributed by atoms with Crippen LogP contribution in [0.3, 0.4) is 0 Å². The van der Waals surface area contributed by atoms with Gasteiger partial charge in [-0.05, 0) is 36.1 Å². The number of para-hydroxylation sites is 1. The Morgan fingerprint density at radius 2 is 1.87 bits per heavy atom. The SMILES string of the molecule is O=C(Nc1nc2ccccc2s1)C(CC1CCCCC1)N1Cc2ccccc2C1=O. The highest BCUT2D eigenvalue weighted by molar-refractivity contribution is 7.22. The third kappa shape index (κ3) is 3.72. The zero-order chi connectivity index (χ0) is 20.5. The van der Waals surface area contributed by atoms with Gasteiger partial charge in [-0.15, -0.1) is 0 Å². The second kappa shape index (κ2) is 8.19. The lowest BCUT2D eigenvalue weighted by atomic mass is 9.84. The number of nitrogens with zero attached hydrogens (tertiary/aromatic N) is 2. The molecule has 0 bridgehead atoms. The Bertz CT molecular complexity index is 1050. The van der Waals surface area contributed by atoms with E-state index in [1.165, 1.54) is 30.6 Å². The van der Waals surface area contributed by atoms with Gasteiger partial charge in [-0.2, -0.15) is 0 Å². The molecule has 1 atom stereocenters. The Kier molecular flexibility index (Phi) is 5.25. The van der Waals surface area contributed by atoms with Crippen molar-refractivity contribution in [2.24, 2.45) is 5.92 Å². The molecular weight excluding hydrogens is 394 g/mol. The third-order valence-corrected chi connectivity index (χ3v) is 7.29. The Labute approximate surface area is 180 Å². The van der Waals surface area contributed by atoms with Gasteiger partial charge < -0.3 is 10.2 Å². The number of carbonyl (C=O) groups is 2. The number of hydrogen-bond donors (Lipinski definition) is 1. The lowest BCUT2D eigenvalue weighted by Crippen LogP contribution is -2.45. The standard InChI is InChI=1S/C24H25N3O2S/c28-22(26-24-25-19-12-6-7-13-21(19)30-24)20(14-16-8-2-1-3-9-16)27-15-17-10-4-5-11-18(17)23(27)29/h4-7,10-13,16,20H,1-3,8-9,14-15H2,(H,25,26,28). The van der Waals surface area contributed by atoms with Crippen molar-refractivity contribution in [1.82, 2.24) is 9.88 Å². The molecule has 1 unspecified atom stereocenters. The minimum Gasteiger partial charge on any atom is -0.322 e. The fourth-order valence-corrected chi connectivity index (χ4v) is 5.63. The summed E-state index contributed by atoms with van der Waals surface area (Å²) >= 11 is 1.47. The maximum atomic E-state index is 13.4. The highest BCUT2D eigenvalue weighted by Crippen LogP contribution is 2.33. The van der Waals surface area contributed by atoms with E-state index in [0.29, 0.717) is 17.6 Å². The van der Waals surface area contributed by atoms with Crippen molar-refractivity contribution in [1.29, 1.82) is 0 Å². The van der Waals surface area contributed by atoms with Gasteiger partial charge in [0.25, 0.3) is 5.91 Å². The predicted octanol–water partition coefficient (Wildman–Crippen LogP) is 5.23. The number of benzene rings is 2. The van der Waals surface area contributed by atoms with E-state index in [-0.39, 0.29) is 11.8 Å². The van der Waals surface area contributed by atoms with E-state index in [1.807, 2.05) is 48.5 Å². The summed E-state index contributed by atoms with van der Waals surface area (Å²) in [5.74, 6) is 0.327. The van der Waals surface area contributed by atoms with E-state index in [2.05, 4.69) is 10.3 Å². The van der Waals surface area contributed by atoms with Crippen molar-refractivity contribution in [3.05, 3.63) is 59.7 Å². The van der Waals surface area contributed by atoms with Gasteiger partial charge in [-0.25, -0.2) is 4.98 Å². The summed E-state index contributed by atoms with van der Waals surface area (Å²) in [5, 5.41) is 3.62. The van der Waals surface area contributed by atoms with Crippen LogP contribution in [0.4, 0.5) is 5.13 Å². The molecule has 2 amide bonds. The molecule has 0 radical (unpaired) electrons. The van der Waals surface area contributed by atoms with Crippen LogP contribution >= 0.6 is 11.3 Å². The van der Waals surface area contributed by atoms with Crippen LogP contribution in [0.25, 0.3) is 10.2 Å². The Balaban J connectivity index is 1.40. The number of thiazole rings is 1. The van der Waals surface area contributed by atoms with Gasteiger partial charge in [0.15, 0.2) is 5.13 Å². The number of aromatic nitrogens is 1. The van der Waals surface area contributed by atoms with Crippen molar-refractivity contribution in [3.63, 3.8) is 0 Å². The molecule has 6 heteroatoms. The summed E-state index contributed by atoms with van der Waals surface area (Å²) < 4.78 is 1.04. The summed E-state index contributed by atoms with van der Waals surface area (Å²) in [4.78, 5) is 32.8. The highest BCUT2D eigenvalue weighted by atomic mass is 32.1. The average molecular weight is 420 g/mol. The molecule has 30 heavy (non-hydrogen) atoms.